The maximum atomic E-state index is 10.7. The van der Waals surface area contributed by atoms with Crippen molar-refractivity contribution in [3.05, 3.63) is 36.4 Å². The summed E-state index contributed by atoms with van der Waals surface area (Å²) in [7, 11) is -3.50. The fourth-order valence-electron chi connectivity index (χ4n) is 2.18. The standard InChI is InChI=1S/C16H22N2O4S2/c19-24(20,23)22-13-11-17-10-4-1-5-12-21-16-9-8-14-6-2-3-7-15(14)18-16/h2-3,6-9,17H,1,4-5,10-13H2,(H,19,20,23). The number of benzene rings is 1. The van der Waals surface area contributed by atoms with E-state index >= 15 is 0 Å². The SMILES string of the molecule is O=S(O)(=S)OCCNCCCCCOc1ccc2ccccc2n1. The van der Waals surface area contributed by atoms with Crippen LogP contribution in [-0.4, -0.2) is 40.0 Å². The number of nitrogens with one attached hydrogen (secondary N) is 1. The van der Waals surface area contributed by atoms with E-state index in [0.29, 0.717) is 19.0 Å². The van der Waals surface area contributed by atoms with Crippen LogP contribution in [0.2, 0.25) is 0 Å². The number of rotatable bonds is 11. The highest BCUT2D eigenvalue weighted by atomic mass is 32.9. The van der Waals surface area contributed by atoms with Gasteiger partial charge in [0.15, 0.2) is 0 Å². The summed E-state index contributed by atoms with van der Waals surface area (Å²) in [5.41, 5.74) is 0.937. The van der Waals surface area contributed by atoms with Gasteiger partial charge < -0.3 is 10.1 Å². The number of hydrogen-bond donors (Lipinski definition) is 2. The molecular formula is C16H22N2O4S2. The Hall–Kier alpha value is -1.32. The molecule has 1 heterocycles. The molecule has 1 aromatic carbocycles. The van der Waals surface area contributed by atoms with Crippen LogP contribution in [0.4, 0.5) is 0 Å². The lowest BCUT2D eigenvalue weighted by molar-refractivity contribution is 0.291. The number of ether oxygens (including phenoxy) is 1. The summed E-state index contributed by atoms with van der Waals surface area (Å²) in [6, 6.07) is 11.9. The molecule has 6 nitrogen and oxygen atoms in total. The first-order chi connectivity index (χ1) is 11.5. The van der Waals surface area contributed by atoms with Crippen molar-refractivity contribution in [3.63, 3.8) is 0 Å². The lowest BCUT2D eigenvalue weighted by Gasteiger charge is -2.07. The number of hydrogen-bond acceptors (Lipinski definition) is 6. The molecule has 0 aliphatic heterocycles. The van der Waals surface area contributed by atoms with Crippen LogP contribution in [0.3, 0.4) is 0 Å². The Morgan fingerprint density at radius 3 is 2.75 bits per heavy atom. The van der Waals surface area contributed by atoms with Gasteiger partial charge in [0.1, 0.15) is 0 Å². The van der Waals surface area contributed by atoms with Crippen LogP contribution in [0.15, 0.2) is 36.4 Å². The van der Waals surface area contributed by atoms with Gasteiger partial charge in [0.2, 0.25) is 5.88 Å². The molecule has 0 saturated carbocycles. The second kappa shape index (κ2) is 9.85. The predicted molar refractivity (Wildman–Crippen MR) is 98.0 cm³/mol. The van der Waals surface area contributed by atoms with Crippen LogP contribution >= 0.6 is 0 Å². The molecular weight excluding hydrogens is 348 g/mol. The Bertz CT molecular complexity index is 738. The number of unbranched alkanes of at least 4 members (excludes halogenated alkanes) is 2. The van der Waals surface area contributed by atoms with Gasteiger partial charge in [-0.25, -0.2) is 4.98 Å². The van der Waals surface area contributed by atoms with Gasteiger partial charge in [-0.3, -0.25) is 8.74 Å². The number of para-hydroxylation sites is 1. The molecule has 0 fully saturated rings. The van der Waals surface area contributed by atoms with Gasteiger partial charge in [0.05, 0.1) is 18.7 Å². The zero-order valence-corrected chi connectivity index (χ0v) is 15.0. The van der Waals surface area contributed by atoms with E-state index < -0.39 is 9.05 Å². The molecule has 0 aliphatic carbocycles. The average molecular weight is 370 g/mol. The van der Waals surface area contributed by atoms with E-state index in [0.717, 1.165) is 36.7 Å². The van der Waals surface area contributed by atoms with Crippen LogP contribution in [0.25, 0.3) is 10.9 Å². The summed E-state index contributed by atoms with van der Waals surface area (Å²) < 4.78 is 29.7. The van der Waals surface area contributed by atoms with Gasteiger partial charge in [0.25, 0.3) is 9.05 Å². The molecule has 0 amide bonds. The Labute approximate surface area is 147 Å². The van der Waals surface area contributed by atoms with Crippen molar-refractivity contribution in [2.24, 2.45) is 0 Å². The Balaban J connectivity index is 1.52. The third-order valence-corrected chi connectivity index (χ3v) is 4.09. The van der Waals surface area contributed by atoms with Crippen molar-refractivity contribution < 1.29 is 17.7 Å². The topological polar surface area (TPSA) is 80.7 Å². The minimum atomic E-state index is -3.50. The normalized spacial score (nSPS) is 13.7. The van der Waals surface area contributed by atoms with Crippen molar-refractivity contribution in [3.8, 4) is 5.88 Å². The fourth-order valence-corrected chi connectivity index (χ4v) is 2.68. The average Bonchev–Trinajstić information content (AvgIpc) is 2.55. The van der Waals surface area contributed by atoms with Gasteiger partial charge in [-0.2, -0.15) is 4.21 Å². The molecule has 0 spiro atoms. The van der Waals surface area contributed by atoms with Crippen molar-refractivity contribution in [2.45, 2.75) is 19.3 Å². The van der Waals surface area contributed by atoms with E-state index in [1.807, 2.05) is 36.4 Å². The van der Waals surface area contributed by atoms with E-state index in [1.165, 1.54) is 0 Å². The summed E-state index contributed by atoms with van der Waals surface area (Å²) in [4.78, 5) is 4.46. The minimum absolute atomic E-state index is 0.135. The number of fused-ring (bicyclic) bond motifs is 1. The second-order valence-electron chi connectivity index (χ2n) is 5.25. The molecule has 1 unspecified atom stereocenters. The molecule has 2 aromatic rings. The molecule has 0 saturated heterocycles. The molecule has 2 N–H and O–H groups in total. The summed E-state index contributed by atoms with van der Waals surface area (Å²) in [5.74, 6) is 0.653. The number of pyridine rings is 1. The predicted octanol–water partition coefficient (Wildman–Crippen LogP) is 2.52. The number of nitrogens with zero attached hydrogens (tertiary/aromatic N) is 1. The van der Waals surface area contributed by atoms with Gasteiger partial charge in [-0.1, -0.05) is 18.2 Å². The van der Waals surface area contributed by atoms with Gasteiger partial charge >= 0.3 is 0 Å². The summed E-state index contributed by atoms with van der Waals surface area (Å²) in [5, 5.41) is 4.23. The van der Waals surface area contributed by atoms with Crippen LogP contribution in [0.1, 0.15) is 19.3 Å². The zero-order chi connectivity index (χ0) is 17.3. The van der Waals surface area contributed by atoms with E-state index in [1.54, 1.807) is 0 Å². The summed E-state index contributed by atoms with van der Waals surface area (Å²) in [6.07, 6.45) is 2.97. The molecule has 24 heavy (non-hydrogen) atoms. The monoisotopic (exact) mass is 370 g/mol. The Morgan fingerprint density at radius 1 is 1.08 bits per heavy atom. The first kappa shape index (κ1) is 19.0. The maximum Gasteiger partial charge on any atom is 0.266 e. The van der Waals surface area contributed by atoms with E-state index in [2.05, 4.69) is 25.7 Å². The van der Waals surface area contributed by atoms with E-state index in [4.69, 9.17) is 9.29 Å². The van der Waals surface area contributed by atoms with E-state index in [9.17, 15) is 4.21 Å². The fraction of sp³-hybridized carbons (Fsp3) is 0.438. The van der Waals surface area contributed by atoms with Gasteiger partial charge in [-0.15, -0.1) is 0 Å². The lowest BCUT2D eigenvalue weighted by Crippen LogP contribution is -2.22. The van der Waals surface area contributed by atoms with Gasteiger partial charge in [-0.05, 0) is 37.9 Å². The van der Waals surface area contributed by atoms with Crippen molar-refractivity contribution in [1.29, 1.82) is 0 Å². The zero-order valence-electron chi connectivity index (χ0n) is 13.3. The quantitative estimate of drug-likeness (QED) is 0.588. The highest BCUT2D eigenvalue weighted by molar-refractivity contribution is 8.27. The molecule has 0 bridgehead atoms. The maximum absolute atomic E-state index is 10.7. The highest BCUT2D eigenvalue weighted by Gasteiger charge is 2.00. The third kappa shape index (κ3) is 7.50. The molecule has 2 rings (SSSR count). The Morgan fingerprint density at radius 2 is 1.92 bits per heavy atom. The summed E-state index contributed by atoms with van der Waals surface area (Å²) >= 11 is 4.21. The molecule has 0 radical (unpaired) electrons. The first-order valence-corrected chi connectivity index (χ1v) is 10.2. The third-order valence-electron chi connectivity index (χ3n) is 3.33. The molecule has 1 aromatic heterocycles. The number of aromatic nitrogens is 1. The van der Waals surface area contributed by atoms with E-state index in [-0.39, 0.29) is 6.61 Å². The molecule has 8 heteroatoms. The highest BCUT2D eigenvalue weighted by Crippen LogP contribution is 2.16. The molecule has 132 valence electrons. The van der Waals surface area contributed by atoms with Crippen molar-refractivity contribution in [2.75, 3.05) is 26.3 Å². The lowest BCUT2D eigenvalue weighted by atomic mass is 10.2. The van der Waals surface area contributed by atoms with Crippen LogP contribution < -0.4 is 10.1 Å². The molecule has 1 atom stereocenters. The summed E-state index contributed by atoms with van der Waals surface area (Å²) in [6.45, 7) is 2.10. The Kier molecular flexibility index (Phi) is 7.80. The smallest absolute Gasteiger partial charge is 0.266 e. The first-order valence-electron chi connectivity index (χ1n) is 7.86. The van der Waals surface area contributed by atoms with Crippen molar-refractivity contribution >= 4 is 31.1 Å². The van der Waals surface area contributed by atoms with Gasteiger partial charge in [0, 0.05) is 29.2 Å². The van der Waals surface area contributed by atoms with Crippen molar-refractivity contribution in [1.82, 2.24) is 10.3 Å². The minimum Gasteiger partial charge on any atom is -0.478 e. The molecule has 0 aliphatic rings. The van der Waals surface area contributed by atoms with Crippen LogP contribution in [-0.2, 0) is 24.4 Å². The van der Waals surface area contributed by atoms with Crippen LogP contribution in [0, 0.1) is 0 Å². The van der Waals surface area contributed by atoms with Crippen LogP contribution in [0.5, 0.6) is 5.88 Å². The largest absolute Gasteiger partial charge is 0.478 e. The second-order valence-corrected chi connectivity index (χ2v) is 7.61.